The lowest BCUT2D eigenvalue weighted by atomic mass is 10.1. The third kappa shape index (κ3) is 4.84. The number of sulfonamides is 1. The fraction of sp³-hybridized carbons (Fsp3) is 0.278. The summed E-state index contributed by atoms with van der Waals surface area (Å²) in [5, 5.41) is 2.77. The maximum Gasteiger partial charge on any atom is 0.240 e. The third-order valence-electron chi connectivity index (χ3n) is 3.90. The van der Waals surface area contributed by atoms with Gasteiger partial charge in [-0.2, -0.15) is 0 Å². The molecule has 0 fully saturated rings. The SMILES string of the molecule is O=C1CCSc2ccc(S(=O)(=O)NCCCc3ccccc3)cc2N1. The molecule has 2 aromatic rings. The van der Waals surface area contributed by atoms with Gasteiger partial charge in [0.25, 0.3) is 0 Å². The number of aryl methyl sites for hydroxylation is 1. The molecule has 0 aromatic heterocycles. The first-order valence-electron chi connectivity index (χ1n) is 8.15. The highest BCUT2D eigenvalue weighted by atomic mass is 32.2. The Labute approximate surface area is 152 Å². The van der Waals surface area contributed by atoms with Crippen molar-refractivity contribution in [1.29, 1.82) is 0 Å². The zero-order valence-corrected chi connectivity index (χ0v) is 15.3. The van der Waals surface area contributed by atoms with Crippen molar-refractivity contribution < 1.29 is 13.2 Å². The van der Waals surface area contributed by atoms with Crippen molar-refractivity contribution in [2.24, 2.45) is 0 Å². The maximum atomic E-state index is 12.5. The van der Waals surface area contributed by atoms with Crippen LogP contribution >= 0.6 is 11.8 Å². The van der Waals surface area contributed by atoms with Crippen molar-refractivity contribution in [3.8, 4) is 0 Å². The number of carbonyl (C=O) groups is 1. The molecule has 0 bridgehead atoms. The molecule has 2 aromatic carbocycles. The molecule has 0 radical (unpaired) electrons. The molecule has 25 heavy (non-hydrogen) atoms. The van der Waals surface area contributed by atoms with Crippen LogP contribution in [0.3, 0.4) is 0 Å². The van der Waals surface area contributed by atoms with E-state index in [1.165, 1.54) is 11.6 Å². The van der Waals surface area contributed by atoms with Crippen LogP contribution in [-0.2, 0) is 21.2 Å². The van der Waals surface area contributed by atoms with E-state index >= 15 is 0 Å². The third-order valence-corrected chi connectivity index (χ3v) is 6.43. The number of nitrogens with one attached hydrogen (secondary N) is 2. The average molecular weight is 377 g/mol. The molecule has 0 saturated carbocycles. The molecule has 0 aliphatic carbocycles. The van der Waals surface area contributed by atoms with Gasteiger partial charge in [0.15, 0.2) is 0 Å². The number of amides is 1. The molecular formula is C18H20N2O3S2. The largest absolute Gasteiger partial charge is 0.325 e. The minimum atomic E-state index is -3.59. The lowest BCUT2D eigenvalue weighted by molar-refractivity contribution is -0.115. The molecule has 132 valence electrons. The molecule has 1 heterocycles. The van der Waals surface area contributed by atoms with Crippen LogP contribution in [0.5, 0.6) is 0 Å². The van der Waals surface area contributed by atoms with Gasteiger partial charge in [0, 0.05) is 23.6 Å². The van der Waals surface area contributed by atoms with E-state index in [2.05, 4.69) is 10.0 Å². The summed E-state index contributed by atoms with van der Waals surface area (Å²) in [6, 6.07) is 14.8. The van der Waals surface area contributed by atoms with Crippen molar-refractivity contribution in [2.45, 2.75) is 29.1 Å². The Balaban J connectivity index is 1.63. The number of hydrogen-bond acceptors (Lipinski definition) is 4. The van der Waals surface area contributed by atoms with Gasteiger partial charge in [-0.15, -0.1) is 11.8 Å². The first kappa shape index (κ1) is 18.0. The van der Waals surface area contributed by atoms with Crippen molar-refractivity contribution >= 4 is 33.4 Å². The zero-order chi connectivity index (χ0) is 17.7. The molecule has 1 amide bonds. The average Bonchev–Trinajstić information content (AvgIpc) is 2.79. The molecule has 1 aliphatic heterocycles. The van der Waals surface area contributed by atoms with Gasteiger partial charge in [-0.25, -0.2) is 13.1 Å². The van der Waals surface area contributed by atoms with Gasteiger partial charge < -0.3 is 5.32 Å². The number of rotatable bonds is 6. The molecule has 5 nitrogen and oxygen atoms in total. The van der Waals surface area contributed by atoms with Gasteiger partial charge in [-0.3, -0.25) is 4.79 Å². The predicted molar refractivity (Wildman–Crippen MR) is 100 cm³/mol. The van der Waals surface area contributed by atoms with E-state index in [0.717, 1.165) is 17.7 Å². The highest BCUT2D eigenvalue weighted by Crippen LogP contribution is 2.32. The van der Waals surface area contributed by atoms with Crippen LogP contribution in [-0.4, -0.2) is 26.6 Å². The maximum absolute atomic E-state index is 12.5. The summed E-state index contributed by atoms with van der Waals surface area (Å²) in [5.41, 5.74) is 1.76. The molecule has 2 N–H and O–H groups in total. The summed E-state index contributed by atoms with van der Waals surface area (Å²) in [7, 11) is -3.59. The summed E-state index contributed by atoms with van der Waals surface area (Å²) in [5.74, 6) is 0.611. The fourth-order valence-electron chi connectivity index (χ4n) is 2.59. The van der Waals surface area contributed by atoms with E-state index in [1.807, 2.05) is 30.3 Å². The van der Waals surface area contributed by atoms with Crippen LogP contribution in [0.15, 0.2) is 58.3 Å². The van der Waals surface area contributed by atoms with Crippen LogP contribution in [0.1, 0.15) is 18.4 Å². The number of carbonyl (C=O) groups excluding carboxylic acids is 1. The standard InChI is InChI=1S/C18H20N2O3S2/c21-18-10-12-24-17-9-8-15(13-16(17)20-18)25(22,23)19-11-4-7-14-5-2-1-3-6-14/h1-3,5-6,8-9,13,19H,4,7,10-12H2,(H,20,21). The van der Waals surface area contributed by atoms with Crippen molar-refractivity contribution in [2.75, 3.05) is 17.6 Å². The smallest absolute Gasteiger partial charge is 0.240 e. The topological polar surface area (TPSA) is 75.3 Å². The Morgan fingerprint density at radius 1 is 1.12 bits per heavy atom. The molecule has 7 heteroatoms. The van der Waals surface area contributed by atoms with Crippen LogP contribution < -0.4 is 10.0 Å². The number of thioether (sulfide) groups is 1. The minimum Gasteiger partial charge on any atom is -0.325 e. The monoisotopic (exact) mass is 376 g/mol. The molecule has 0 saturated heterocycles. The molecule has 3 rings (SSSR count). The Bertz CT molecular complexity index is 852. The number of benzene rings is 2. The Morgan fingerprint density at radius 2 is 1.92 bits per heavy atom. The number of anilines is 1. The second-order valence-electron chi connectivity index (χ2n) is 5.79. The fourth-order valence-corrected chi connectivity index (χ4v) is 4.63. The normalized spacial score (nSPS) is 14.5. The summed E-state index contributed by atoms with van der Waals surface area (Å²) >= 11 is 1.55. The summed E-state index contributed by atoms with van der Waals surface area (Å²) in [4.78, 5) is 12.7. The van der Waals surface area contributed by atoms with Gasteiger partial charge in [0.05, 0.1) is 10.6 Å². The molecular weight excluding hydrogens is 356 g/mol. The summed E-state index contributed by atoms with van der Waals surface area (Å²) < 4.78 is 27.6. The van der Waals surface area contributed by atoms with Crippen LogP contribution in [0.25, 0.3) is 0 Å². The summed E-state index contributed by atoms with van der Waals surface area (Å²) in [6.07, 6.45) is 1.97. The lowest BCUT2D eigenvalue weighted by Crippen LogP contribution is -2.25. The highest BCUT2D eigenvalue weighted by Gasteiger charge is 2.19. The first-order valence-corrected chi connectivity index (χ1v) is 10.6. The second kappa shape index (κ2) is 8.03. The van der Waals surface area contributed by atoms with Gasteiger partial charge in [0.1, 0.15) is 0 Å². The molecule has 1 aliphatic rings. The van der Waals surface area contributed by atoms with Crippen LogP contribution in [0, 0.1) is 0 Å². The van der Waals surface area contributed by atoms with Gasteiger partial charge >= 0.3 is 0 Å². The van der Waals surface area contributed by atoms with E-state index in [4.69, 9.17) is 0 Å². The first-order chi connectivity index (χ1) is 12.0. The van der Waals surface area contributed by atoms with Gasteiger partial charge in [0.2, 0.25) is 15.9 Å². The van der Waals surface area contributed by atoms with Gasteiger partial charge in [-0.1, -0.05) is 30.3 Å². The molecule has 0 unspecified atom stereocenters. The quantitative estimate of drug-likeness (QED) is 0.760. The number of fused-ring (bicyclic) bond motifs is 1. The van der Waals surface area contributed by atoms with E-state index in [1.54, 1.807) is 23.9 Å². The Hall–Kier alpha value is -1.83. The van der Waals surface area contributed by atoms with Crippen LogP contribution in [0.2, 0.25) is 0 Å². The second-order valence-corrected chi connectivity index (χ2v) is 8.70. The van der Waals surface area contributed by atoms with Gasteiger partial charge in [-0.05, 0) is 36.6 Å². The lowest BCUT2D eigenvalue weighted by Gasteiger charge is -2.11. The van der Waals surface area contributed by atoms with Crippen molar-refractivity contribution in [3.05, 3.63) is 54.1 Å². The zero-order valence-electron chi connectivity index (χ0n) is 13.7. The van der Waals surface area contributed by atoms with E-state index in [-0.39, 0.29) is 10.8 Å². The minimum absolute atomic E-state index is 0.0865. The summed E-state index contributed by atoms with van der Waals surface area (Å²) in [6.45, 7) is 0.370. The predicted octanol–water partition coefficient (Wildman–Crippen LogP) is 3.03. The highest BCUT2D eigenvalue weighted by molar-refractivity contribution is 7.99. The molecule has 0 atom stereocenters. The Kier molecular flexibility index (Phi) is 5.78. The van der Waals surface area contributed by atoms with E-state index in [0.29, 0.717) is 24.4 Å². The van der Waals surface area contributed by atoms with E-state index < -0.39 is 10.0 Å². The van der Waals surface area contributed by atoms with Crippen molar-refractivity contribution in [1.82, 2.24) is 4.72 Å². The molecule has 0 spiro atoms. The Morgan fingerprint density at radius 3 is 2.72 bits per heavy atom. The van der Waals surface area contributed by atoms with Crippen molar-refractivity contribution in [3.63, 3.8) is 0 Å². The van der Waals surface area contributed by atoms with E-state index in [9.17, 15) is 13.2 Å². The van der Waals surface area contributed by atoms with Crippen LogP contribution in [0.4, 0.5) is 5.69 Å². The number of hydrogen-bond donors (Lipinski definition) is 2.